The fourth-order valence-electron chi connectivity index (χ4n) is 4.70. The molecule has 0 fully saturated rings. The summed E-state index contributed by atoms with van der Waals surface area (Å²) in [7, 11) is 0. The van der Waals surface area contributed by atoms with Crippen molar-refractivity contribution in [2.75, 3.05) is 32.8 Å². The standard InChI is InChI=1S/C40H55NO3/c1-4-6-7-8-9-10-11-12-13-14-15-16-17-18-19-20-24-31-39(42)43-34-32-41(5-2)33-35-44-40(37-28-22-21-23-29-37)38-30-26-25-27-36(38)3/h6-7,9-10,12-13,15-16,18-19,21-23,25-30,40H,4-5,8,11,14,17,20,24,31-35H2,1-3H3. The van der Waals surface area contributed by atoms with Gasteiger partial charge < -0.3 is 9.47 Å². The van der Waals surface area contributed by atoms with Gasteiger partial charge in [0.05, 0.1) is 6.61 Å². The Kier molecular flexibility index (Phi) is 20.8. The molecule has 0 saturated carbocycles. The van der Waals surface area contributed by atoms with Crippen LogP contribution >= 0.6 is 0 Å². The van der Waals surface area contributed by atoms with Crippen LogP contribution in [0, 0.1) is 6.92 Å². The predicted octanol–water partition coefficient (Wildman–Crippen LogP) is 9.89. The van der Waals surface area contributed by atoms with E-state index >= 15 is 0 Å². The van der Waals surface area contributed by atoms with Gasteiger partial charge in [0.1, 0.15) is 12.7 Å². The number of aryl methyl sites for hydroxylation is 1. The van der Waals surface area contributed by atoms with Crippen LogP contribution in [0.4, 0.5) is 0 Å². The van der Waals surface area contributed by atoms with Crippen LogP contribution in [0.3, 0.4) is 0 Å². The molecule has 1 atom stereocenters. The highest BCUT2D eigenvalue weighted by molar-refractivity contribution is 5.69. The molecule has 0 amide bonds. The van der Waals surface area contributed by atoms with Crippen molar-refractivity contribution in [3.8, 4) is 0 Å². The third-order valence-corrected chi connectivity index (χ3v) is 7.29. The Labute approximate surface area is 267 Å². The maximum absolute atomic E-state index is 12.2. The normalized spacial score (nSPS) is 13.0. The van der Waals surface area contributed by atoms with Gasteiger partial charge in [-0.1, -0.05) is 129 Å². The average molecular weight is 598 g/mol. The number of benzene rings is 2. The zero-order valence-electron chi connectivity index (χ0n) is 27.4. The first-order chi connectivity index (χ1) is 21.7. The second-order valence-electron chi connectivity index (χ2n) is 10.8. The lowest BCUT2D eigenvalue weighted by Crippen LogP contribution is -2.32. The number of carbonyl (C=O) groups is 1. The topological polar surface area (TPSA) is 38.8 Å². The van der Waals surface area contributed by atoms with E-state index in [1.807, 2.05) is 6.07 Å². The molecule has 4 heteroatoms. The summed E-state index contributed by atoms with van der Waals surface area (Å²) in [5.74, 6) is -0.117. The molecule has 2 aromatic carbocycles. The van der Waals surface area contributed by atoms with Crippen LogP contribution in [0.5, 0.6) is 0 Å². The van der Waals surface area contributed by atoms with Crippen LogP contribution in [0.25, 0.3) is 0 Å². The number of allylic oxidation sites excluding steroid dienone is 10. The molecule has 0 heterocycles. The van der Waals surface area contributed by atoms with Gasteiger partial charge in [0.15, 0.2) is 0 Å². The number of esters is 1. The number of hydrogen-bond acceptors (Lipinski definition) is 4. The van der Waals surface area contributed by atoms with Crippen molar-refractivity contribution in [3.63, 3.8) is 0 Å². The van der Waals surface area contributed by atoms with Gasteiger partial charge in [0.2, 0.25) is 0 Å². The van der Waals surface area contributed by atoms with Crippen molar-refractivity contribution in [1.29, 1.82) is 0 Å². The van der Waals surface area contributed by atoms with Gasteiger partial charge in [-0.2, -0.15) is 0 Å². The first-order valence-corrected chi connectivity index (χ1v) is 16.5. The van der Waals surface area contributed by atoms with Gasteiger partial charge in [-0.05, 0) is 75.1 Å². The zero-order chi connectivity index (χ0) is 31.5. The Morgan fingerprint density at radius 2 is 1.30 bits per heavy atom. The fraction of sp³-hybridized carbons (Fsp3) is 0.425. The van der Waals surface area contributed by atoms with E-state index in [1.165, 1.54) is 11.1 Å². The van der Waals surface area contributed by atoms with Crippen LogP contribution in [0.1, 0.15) is 88.0 Å². The monoisotopic (exact) mass is 597 g/mol. The first kappa shape index (κ1) is 36.7. The lowest BCUT2D eigenvalue weighted by atomic mass is 9.97. The lowest BCUT2D eigenvalue weighted by Gasteiger charge is -2.24. The second kappa shape index (κ2) is 24.9. The Morgan fingerprint density at radius 1 is 0.727 bits per heavy atom. The molecule has 0 bridgehead atoms. The highest BCUT2D eigenvalue weighted by atomic mass is 16.5. The molecule has 0 saturated heterocycles. The number of likely N-dealkylation sites (N-methyl/N-ethyl adjacent to an activating group) is 1. The minimum atomic E-state index is -0.117. The van der Waals surface area contributed by atoms with Gasteiger partial charge in [-0.25, -0.2) is 0 Å². The highest BCUT2D eigenvalue weighted by Crippen LogP contribution is 2.28. The van der Waals surface area contributed by atoms with Gasteiger partial charge in [0.25, 0.3) is 0 Å². The van der Waals surface area contributed by atoms with Gasteiger partial charge in [0, 0.05) is 19.5 Å². The van der Waals surface area contributed by atoms with Crippen molar-refractivity contribution >= 4 is 5.97 Å². The van der Waals surface area contributed by atoms with Crippen LogP contribution in [-0.4, -0.2) is 43.7 Å². The quantitative estimate of drug-likeness (QED) is 0.0726. The number of unbranched alkanes of at least 4 members (excludes halogenated alkanes) is 1. The Bertz CT molecular complexity index is 1160. The number of nitrogens with zero attached hydrogens (tertiary/aromatic N) is 1. The second-order valence-corrected chi connectivity index (χ2v) is 10.8. The van der Waals surface area contributed by atoms with Crippen LogP contribution in [0.15, 0.2) is 115 Å². The minimum Gasteiger partial charge on any atom is -0.464 e. The third-order valence-electron chi connectivity index (χ3n) is 7.29. The van der Waals surface area contributed by atoms with Crippen LogP contribution < -0.4 is 0 Å². The number of hydrogen-bond donors (Lipinski definition) is 0. The smallest absolute Gasteiger partial charge is 0.305 e. The number of ether oxygens (including phenoxy) is 2. The van der Waals surface area contributed by atoms with Gasteiger partial charge in [-0.15, -0.1) is 0 Å². The molecule has 0 spiro atoms. The molecule has 0 radical (unpaired) electrons. The van der Waals surface area contributed by atoms with Crippen molar-refractivity contribution in [3.05, 3.63) is 132 Å². The summed E-state index contributed by atoms with van der Waals surface area (Å²) >= 11 is 0. The van der Waals surface area contributed by atoms with E-state index in [-0.39, 0.29) is 12.1 Å². The molecule has 4 nitrogen and oxygen atoms in total. The van der Waals surface area contributed by atoms with Gasteiger partial charge in [-0.3, -0.25) is 9.69 Å². The van der Waals surface area contributed by atoms with E-state index < -0.39 is 0 Å². The summed E-state index contributed by atoms with van der Waals surface area (Å²) in [6, 6.07) is 18.8. The van der Waals surface area contributed by atoms with E-state index in [1.54, 1.807) is 0 Å². The average Bonchev–Trinajstić information content (AvgIpc) is 3.04. The summed E-state index contributed by atoms with van der Waals surface area (Å²) in [4.78, 5) is 14.5. The number of rotatable bonds is 23. The van der Waals surface area contributed by atoms with E-state index in [2.05, 4.69) is 135 Å². The third kappa shape index (κ3) is 17.0. The summed E-state index contributed by atoms with van der Waals surface area (Å²) in [6.45, 7) is 9.80. The summed E-state index contributed by atoms with van der Waals surface area (Å²) < 4.78 is 11.9. The highest BCUT2D eigenvalue weighted by Gasteiger charge is 2.17. The van der Waals surface area contributed by atoms with E-state index in [4.69, 9.17) is 9.47 Å². The molecular formula is C40H55NO3. The summed E-state index contributed by atoms with van der Waals surface area (Å²) in [5.41, 5.74) is 3.57. The van der Waals surface area contributed by atoms with Crippen LogP contribution in [0.2, 0.25) is 0 Å². The molecule has 238 valence electrons. The molecule has 0 N–H and O–H groups in total. The summed E-state index contributed by atoms with van der Waals surface area (Å²) in [6.07, 6.45) is 29.0. The molecule has 2 aromatic rings. The van der Waals surface area contributed by atoms with E-state index in [9.17, 15) is 4.79 Å². The Balaban J connectivity index is 1.55. The predicted molar refractivity (Wildman–Crippen MR) is 187 cm³/mol. The van der Waals surface area contributed by atoms with E-state index in [0.717, 1.165) is 63.6 Å². The Morgan fingerprint density at radius 3 is 1.91 bits per heavy atom. The van der Waals surface area contributed by atoms with Crippen molar-refractivity contribution in [2.45, 2.75) is 78.2 Å². The van der Waals surface area contributed by atoms with Crippen molar-refractivity contribution in [2.24, 2.45) is 0 Å². The maximum atomic E-state index is 12.2. The van der Waals surface area contributed by atoms with Crippen LogP contribution in [-0.2, 0) is 14.3 Å². The lowest BCUT2D eigenvalue weighted by molar-refractivity contribution is -0.144. The molecule has 0 aliphatic rings. The molecule has 0 aliphatic carbocycles. The molecule has 44 heavy (non-hydrogen) atoms. The molecule has 0 aliphatic heterocycles. The SMILES string of the molecule is CCC=CCC=CCC=CCC=CCC=CCCCC(=O)OCCN(CC)CCOC(c1ccccc1)c1ccccc1C. The zero-order valence-corrected chi connectivity index (χ0v) is 27.4. The molecular weight excluding hydrogens is 542 g/mol. The Hall–Kier alpha value is -3.47. The number of carbonyl (C=O) groups excluding carboxylic acids is 1. The first-order valence-electron chi connectivity index (χ1n) is 16.5. The van der Waals surface area contributed by atoms with Gasteiger partial charge >= 0.3 is 5.97 Å². The maximum Gasteiger partial charge on any atom is 0.305 e. The molecule has 1 unspecified atom stereocenters. The molecule has 2 rings (SSSR count). The van der Waals surface area contributed by atoms with Crippen molar-refractivity contribution in [1.82, 2.24) is 4.90 Å². The molecule has 0 aromatic heterocycles. The minimum absolute atomic E-state index is 0.100. The van der Waals surface area contributed by atoms with Crippen molar-refractivity contribution < 1.29 is 14.3 Å². The summed E-state index contributed by atoms with van der Waals surface area (Å²) in [5, 5.41) is 0. The fourth-order valence-corrected chi connectivity index (χ4v) is 4.70. The largest absolute Gasteiger partial charge is 0.464 e. The van der Waals surface area contributed by atoms with E-state index in [0.29, 0.717) is 26.2 Å².